The first kappa shape index (κ1) is 21.5. The van der Waals surface area contributed by atoms with Gasteiger partial charge in [-0.1, -0.05) is 79.4 Å². The molecule has 7 heteroatoms. The fourth-order valence-electron chi connectivity index (χ4n) is 3.50. The summed E-state index contributed by atoms with van der Waals surface area (Å²) in [7, 11) is 0. The van der Waals surface area contributed by atoms with Crippen LogP contribution < -0.4 is 4.90 Å². The molecule has 2 aliphatic rings. The number of halogens is 1. The molecule has 0 atom stereocenters. The van der Waals surface area contributed by atoms with Gasteiger partial charge in [-0.3, -0.25) is 14.5 Å². The Hall–Kier alpha value is -1.18. The smallest absolute Gasteiger partial charge is 0.267 e. The molecular formula is C21H25BrN2O2S2. The number of benzene rings is 1. The fraction of sp³-hybridized carbons (Fsp3) is 0.476. The van der Waals surface area contributed by atoms with E-state index in [1.165, 1.54) is 11.8 Å². The SMILES string of the molecule is CCCCCCN1C(=O)C(=C2SC(=S)N(CCCC)C2=O)c2cc(Br)ccc21. The van der Waals surface area contributed by atoms with Crippen molar-refractivity contribution in [1.29, 1.82) is 0 Å². The topological polar surface area (TPSA) is 40.6 Å². The van der Waals surface area contributed by atoms with Crippen molar-refractivity contribution in [2.24, 2.45) is 0 Å². The maximum atomic E-state index is 13.3. The van der Waals surface area contributed by atoms with Crippen LogP contribution in [0.1, 0.15) is 57.9 Å². The summed E-state index contributed by atoms with van der Waals surface area (Å²) in [5, 5.41) is 0. The summed E-state index contributed by atoms with van der Waals surface area (Å²) in [5.41, 5.74) is 2.22. The Labute approximate surface area is 184 Å². The fourth-order valence-corrected chi connectivity index (χ4v) is 5.24. The highest BCUT2D eigenvalue weighted by atomic mass is 79.9. The molecule has 0 aromatic heterocycles. The van der Waals surface area contributed by atoms with Crippen molar-refractivity contribution < 1.29 is 9.59 Å². The monoisotopic (exact) mass is 480 g/mol. The van der Waals surface area contributed by atoms with Crippen molar-refractivity contribution in [2.75, 3.05) is 18.0 Å². The molecule has 0 saturated carbocycles. The number of hydrogen-bond acceptors (Lipinski definition) is 4. The van der Waals surface area contributed by atoms with E-state index in [1.54, 1.807) is 4.90 Å². The normalized spacial score (nSPS) is 19.2. The Morgan fingerprint density at radius 3 is 2.39 bits per heavy atom. The van der Waals surface area contributed by atoms with Gasteiger partial charge in [0.1, 0.15) is 4.32 Å². The molecule has 150 valence electrons. The zero-order valence-electron chi connectivity index (χ0n) is 16.3. The standard InChI is InChI=1S/C21H25BrN2O2S2/c1-3-5-7-8-12-23-16-10-9-14(22)13-15(16)17(19(23)25)18-20(26)24(11-6-4-2)21(27)28-18/h9-10,13H,3-8,11-12H2,1-2H3. The van der Waals surface area contributed by atoms with E-state index < -0.39 is 0 Å². The summed E-state index contributed by atoms with van der Waals surface area (Å²) in [6, 6.07) is 5.84. The molecule has 28 heavy (non-hydrogen) atoms. The Morgan fingerprint density at radius 1 is 0.964 bits per heavy atom. The second kappa shape index (κ2) is 9.55. The van der Waals surface area contributed by atoms with Gasteiger partial charge in [-0.2, -0.15) is 0 Å². The van der Waals surface area contributed by atoms with Gasteiger partial charge in [-0.15, -0.1) is 0 Å². The number of carbonyl (C=O) groups excluding carboxylic acids is 2. The number of anilines is 1. The number of thioether (sulfide) groups is 1. The zero-order chi connectivity index (χ0) is 20.3. The van der Waals surface area contributed by atoms with E-state index in [2.05, 4.69) is 29.8 Å². The highest BCUT2D eigenvalue weighted by molar-refractivity contribution is 9.10. The van der Waals surface area contributed by atoms with Crippen LogP contribution in [0, 0.1) is 0 Å². The summed E-state index contributed by atoms with van der Waals surface area (Å²) < 4.78 is 1.44. The summed E-state index contributed by atoms with van der Waals surface area (Å²) in [6.45, 7) is 5.54. The largest absolute Gasteiger partial charge is 0.308 e. The summed E-state index contributed by atoms with van der Waals surface area (Å²) >= 11 is 10.2. The van der Waals surface area contributed by atoms with E-state index in [0.29, 0.717) is 27.9 Å². The first-order valence-electron chi connectivity index (χ1n) is 9.89. The average molecular weight is 481 g/mol. The van der Waals surface area contributed by atoms with Crippen LogP contribution in [0.25, 0.3) is 5.57 Å². The van der Waals surface area contributed by atoms with Crippen molar-refractivity contribution in [1.82, 2.24) is 4.90 Å². The molecule has 0 aliphatic carbocycles. The molecule has 0 spiro atoms. The van der Waals surface area contributed by atoms with E-state index in [4.69, 9.17) is 12.2 Å². The number of rotatable bonds is 8. The highest BCUT2D eigenvalue weighted by Gasteiger charge is 2.41. The Balaban J connectivity index is 1.96. The van der Waals surface area contributed by atoms with Crippen LogP contribution in [-0.4, -0.2) is 34.1 Å². The third-order valence-corrected chi connectivity index (χ3v) is 6.97. The Morgan fingerprint density at radius 2 is 1.68 bits per heavy atom. The quantitative estimate of drug-likeness (QED) is 0.270. The van der Waals surface area contributed by atoms with Crippen molar-refractivity contribution in [2.45, 2.75) is 52.4 Å². The van der Waals surface area contributed by atoms with Crippen LogP contribution in [0.4, 0.5) is 5.69 Å². The van der Waals surface area contributed by atoms with E-state index in [0.717, 1.165) is 54.2 Å². The van der Waals surface area contributed by atoms with Crippen molar-refractivity contribution in [3.8, 4) is 0 Å². The lowest BCUT2D eigenvalue weighted by Crippen LogP contribution is -2.30. The molecule has 2 aliphatic heterocycles. The Bertz CT molecular complexity index is 838. The first-order chi connectivity index (χ1) is 13.5. The van der Waals surface area contributed by atoms with Crippen LogP contribution in [0.3, 0.4) is 0 Å². The number of nitrogens with zero attached hydrogens (tertiary/aromatic N) is 2. The van der Waals surface area contributed by atoms with Gasteiger partial charge < -0.3 is 4.90 Å². The molecule has 0 radical (unpaired) electrons. The second-order valence-electron chi connectivity index (χ2n) is 7.06. The van der Waals surface area contributed by atoms with Crippen LogP contribution in [0.15, 0.2) is 27.6 Å². The average Bonchev–Trinajstić information content (AvgIpc) is 3.09. The van der Waals surface area contributed by atoms with E-state index in [9.17, 15) is 9.59 Å². The molecule has 0 bridgehead atoms. The minimum absolute atomic E-state index is 0.0828. The van der Waals surface area contributed by atoms with Gasteiger partial charge in [0.15, 0.2) is 0 Å². The van der Waals surface area contributed by atoms with Gasteiger partial charge >= 0.3 is 0 Å². The molecule has 1 saturated heterocycles. The predicted octanol–water partition coefficient (Wildman–Crippen LogP) is 5.75. The van der Waals surface area contributed by atoms with Crippen molar-refractivity contribution in [3.05, 3.63) is 33.1 Å². The maximum Gasteiger partial charge on any atom is 0.267 e. The lowest BCUT2D eigenvalue weighted by atomic mass is 10.1. The van der Waals surface area contributed by atoms with Crippen LogP contribution in [-0.2, 0) is 9.59 Å². The molecule has 1 aromatic rings. The van der Waals surface area contributed by atoms with Crippen molar-refractivity contribution >= 4 is 67.3 Å². The maximum absolute atomic E-state index is 13.3. The number of fused-ring (bicyclic) bond motifs is 1. The molecule has 1 fully saturated rings. The van der Waals surface area contributed by atoms with E-state index >= 15 is 0 Å². The molecular weight excluding hydrogens is 456 g/mol. The highest BCUT2D eigenvalue weighted by Crippen LogP contribution is 2.45. The zero-order valence-corrected chi connectivity index (χ0v) is 19.5. The minimum atomic E-state index is -0.134. The lowest BCUT2D eigenvalue weighted by Gasteiger charge is -2.17. The summed E-state index contributed by atoms with van der Waals surface area (Å²) in [4.78, 5) is 30.3. The Kier molecular flexibility index (Phi) is 7.34. The van der Waals surface area contributed by atoms with Crippen molar-refractivity contribution in [3.63, 3.8) is 0 Å². The molecule has 2 amide bonds. The summed E-state index contributed by atoms with van der Waals surface area (Å²) in [6.07, 6.45) is 6.26. The molecule has 0 unspecified atom stereocenters. The van der Waals surface area contributed by atoms with E-state index in [1.807, 2.05) is 23.1 Å². The second-order valence-corrected chi connectivity index (χ2v) is 9.62. The minimum Gasteiger partial charge on any atom is -0.308 e. The third kappa shape index (κ3) is 4.21. The first-order valence-corrected chi connectivity index (χ1v) is 11.9. The van der Waals surface area contributed by atoms with Gasteiger partial charge in [0.2, 0.25) is 0 Å². The number of unbranched alkanes of at least 4 members (excludes halogenated alkanes) is 4. The third-order valence-electron chi connectivity index (χ3n) is 5.02. The van der Waals surface area contributed by atoms with Gasteiger partial charge in [-0.25, -0.2) is 0 Å². The van der Waals surface area contributed by atoms with Gasteiger partial charge in [0.05, 0.1) is 16.2 Å². The molecule has 0 N–H and O–H groups in total. The number of thiocarbonyl (C=S) groups is 1. The molecule has 3 rings (SSSR count). The predicted molar refractivity (Wildman–Crippen MR) is 124 cm³/mol. The number of carbonyl (C=O) groups is 2. The van der Waals surface area contributed by atoms with Gasteiger partial charge in [0.25, 0.3) is 11.8 Å². The molecule has 2 heterocycles. The molecule has 4 nitrogen and oxygen atoms in total. The van der Waals surface area contributed by atoms with Gasteiger partial charge in [-0.05, 0) is 31.0 Å². The number of amides is 2. The van der Waals surface area contributed by atoms with Crippen LogP contribution >= 0.6 is 39.9 Å². The lowest BCUT2D eigenvalue weighted by molar-refractivity contribution is -0.122. The number of hydrogen-bond donors (Lipinski definition) is 0. The van der Waals surface area contributed by atoms with Crippen LogP contribution in [0.5, 0.6) is 0 Å². The van der Waals surface area contributed by atoms with Crippen LogP contribution in [0.2, 0.25) is 0 Å². The molecule has 1 aromatic carbocycles. The van der Waals surface area contributed by atoms with E-state index in [-0.39, 0.29) is 11.8 Å². The van der Waals surface area contributed by atoms with Gasteiger partial charge in [0, 0.05) is 23.1 Å². The summed E-state index contributed by atoms with van der Waals surface area (Å²) in [5.74, 6) is -0.217.